The van der Waals surface area contributed by atoms with Gasteiger partial charge < -0.3 is 14.2 Å². The maximum atomic E-state index is 5.73. The zero-order valence-corrected chi connectivity index (χ0v) is 18.5. The van der Waals surface area contributed by atoms with Crippen LogP contribution in [0.5, 0.6) is 0 Å². The lowest BCUT2D eigenvalue weighted by Crippen LogP contribution is -2.24. The van der Waals surface area contributed by atoms with E-state index in [1.807, 2.05) is 13.8 Å². The largest absolute Gasteiger partial charge is 0.379 e. The second-order valence-electron chi connectivity index (χ2n) is 8.03. The van der Waals surface area contributed by atoms with Crippen molar-refractivity contribution in [3.05, 3.63) is 0 Å². The molecule has 0 unspecified atom stereocenters. The first-order valence-electron chi connectivity index (χ1n) is 11.1. The molecule has 0 aromatic heterocycles. The lowest BCUT2D eigenvalue weighted by molar-refractivity contribution is -0.145. The molecule has 26 heavy (non-hydrogen) atoms. The van der Waals surface area contributed by atoms with Gasteiger partial charge in [0, 0.05) is 6.61 Å². The minimum atomic E-state index is -0.430. The predicted molar refractivity (Wildman–Crippen MR) is 114 cm³/mol. The molecule has 0 spiro atoms. The van der Waals surface area contributed by atoms with Crippen LogP contribution in [0.3, 0.4) is 0 Å². The number of ether oxygens (including phenoxy) is 3. The standard InChI is InChI=1S/C22H44O3S/c1-4-5-6-7-11-14-17-26-18-15-12-9-8-10-13-16-23-19-21-20-24-22(2,3)25-21/h21H,4-20H2,1-3H3/t21-/m0/s1. The summed E-state index contributed by atoms with van der Waals surface area (Å²) in [5.74, 6) is 2.30. The van der Waals surface area contributed by atoms with Gasteiger partial charge in [0.2, 0.25) is 0 Å². The number of rotatable bonds is 18. The van der Waals surface area contributed by atoms with E-state index in [-0.39, 0.29) is 6.10 Å². The van der Waals surface area contributed by atoms with Gasteiger partial charge in [-0.05, 0) is 44.6 Å². The maximum Gasteiger partial charge on any atom is 0.163 e. The van der Waals surface area contributed by atoms with Crippen molar-refractivity contribution < 1.29 is 14.2 Å². The Morgan fingerprint density at radius 3 is 2.00 bits per heavy atom. The van der Waals surface area contributed by atoms with Gasteiger partial charge in [0.1, 0.15) is 6.10 Å². The van der Waals surface area contributed by atoms with E-state index in [4.69, 9.17) is 14.2 Å². The summed E-state index contributed by atoms with van der Waals surface area (Å²) < 4.78 is 17.0. The van der Waals surface area contributed by atoms with Crippen LogP contribution >= 0.6 is 11.8 Å². The Balaban J connectivity index is 1.69. The average Bonchev–Trinajstić information content (AvgIpc) is 2.96. The second-order valence-corrected chi connectivity index (χ2v) is 9.25. The van der Waals surface area contributed by atoms with Crippen LogP contribution in [-0.4, -0.2) is 43.2 Å². The van der Waals surface area contributed by atoms with Crippen LogP contribution in [0.2, 0.25) is 0 Å². The molecule has 0 saturated carbocycles. The smallest absolute Gasteiger partial charge is 0.163 e. The van der Waals surface area contributed by atoms with Crippen molar-refractivity contribution in [2.24, 2.45) is 0 Å². The van der Waals surface area contributed by atoms with Gasteiger partial charge in [-0.25, -0.2) is 0 Å². The summed E-state index contributed by atoms with van der Waals surface area (Å²) in [5.41, 5.74) is 0. The van der Waals surface area contributed by atoms with Crippen molar-refractivity contribution in [1.29, 1.82) is 0 Å². The zero-order chi connectivity index (χ0) is 18.9. The van der Waals surface area contributed by atoms with Crippen LogP contribution in [0.1, 0.15) is 97.8 Å². The number of thioether (sulfide) groups is 1. The highest BCUT2D eigenvalue weighted by Crippen LogP contribution is 2.22. The van der Waals surface area contributed by atoms with Gasteiger partial charge in [-0.2, -0.15) is 11.8 Å². The van der Waals surface area contributed by atoms with E-state index in [2.05, 4.69) is 18.7 Å². The van der Waals surface area contributed by atoms with Crippen LogP contribution in [0.25, 0.3) is 0 Å². The molecule has 1 saturated heterocycles. The summed E-state index contributed by atoms with van der Waals surface area (Å²) in [7, 11) is 0. The van der Waals surface area contributed by atoms with Gasteiger partial charge >= 0.3 is 0 Å². The number of unbranched alkanes of at least 4 members (excludes halogenated alkanes) is 10. The molecule has 1 aliphatic heterocycles. The molecule has 0 amide bonds. The summed E-state index contributed by atoms with van der Waals surface area (Å²) in [6.45, 7) is 8.38. The highest BCUT2D eigenvalue weighted by Gasteiger charge is 2.32. The quantitative estimate of drug-likeness (QED) is 0.248. The van der Waals surface area contributed by atoms with Crippen LogP contribution in [-0.2, 0) is 14.2 Å². The van der Waals surface area contributed by atoms with Gasteiger partial charge in [-0.1, -0.05) is 64.7 Å². The average molecular weight is 389 g/mol. The minimum absolute atomic E-state index is 0.110. The van der Waals surface area contributed by atoms with Crippen LogP contribution < -0.4 is 0 Å². The Bertz CT molecular complexity index is 310. The van der Waals surface area contributed by atoms with Crippen molar-refractivity contribution >= 4 is 11.8 Å². The van der Waals surface area contributed by atoms with E-state index in [0.717, 1.165) is 6.61 Å². The van der Waals surface area contributed by atoms with Gasteiger partial charge in [0.15, 0.2) is 5.79 Å². The van der Waals surface area contributed by atoms with Crippen molar-refractivity contribution in [3.63, 3.8) is 0 Å². The highest BCUT2D eigenvalue weighted by atomic mass is 32.2. The van der Waals surface area contributed by atoms with Crippen molar-refractivity contribution in [1.82, 2.24) is 0 Å². The third-order valence-corrected chi connectivity index (χ3v) is 6.00. The third kappa shape index (κ3) is 14.3. The van der Waals surface area contributed by atoms with Gasteiger partial charge in [-0.15, -0.1) is 0 Å². The predicted octanol–water partition coefficient (Wildman–Crippen LogP) is 6.59. The fourth-order valence-electron chi connectivity index (χ4n) is 3.26. The fraction of sp³-hybridized carbons (Fsp3) is 1.00. The van der Waals surface area contributed by atoms with E-state index in [0.29, 0.717) is 13.2 Å². The van der Waals surface area contributed by atoms with E-state index in [1.54, 1.807) is 0 Å². The maximum absolute atomic E-state index is 5.73. The molecular weight excluding hydrogens is 344 g/mol. The van der Waals surface area contributed by atoms with E-state index in [9.17, 15) is 0 Å². The third-order valence-electron chi connectivity index (χ3n) is 4.84. The zero-order valence-electron chi connectivity index (χ0n) is 17.7. The fourth-order valence-corrected chi connectivity index (χ4v) is 4.28. The number of hydrogen-bond donors (Lipinski definition) is 0. The Hall–Kier alpha value is 0.230. The van der Waals surface area contributed by atoms with Crippen molar-refractivity contribution in [2.75, 3.05) is 31.3 Å². The first-order valence-corrected chi connectivity index (χ1v) is 12.3. The van der Waals surface area contributed by atoms with Crippen LogP contribution in [0.4, 0.5) is 0 Å². The molecule has 156 valence electrons. The lowest BCUT2D eigenvalue weighted by Gasteiger charge is -2.17. The molecular formula is C22H44O3S. The second kappa shape index (κ2) is 16.2. The van der Waals surface area contributed by atoms with E-state index in [1.165, 1.54) is 88.6 Å². The molecule has 0 bridgehead atoms. The molecule has 4 heteroatoms. The first-order chi connectivity index (χ1) is 12.6. The van der Waals surface area contributed by atoms with Crippen LogP contribution in [0.15, 0.2) is 0 Å². The molecule has 0 aromatic rings. The SMILES string of the molecule is CCCCCCCCSCCCCCCCCOC[C@H]1COC(C)(C)O1. The van der Waals surface area contributed by atoms with Gasteiger partial charge in [0.05, 0.1) is 13.2 Å². The molecule has 1 aliphatic rings. The van der Waals surface area contributed by atoms with E-state index < -0.39 is 5.79 Å². The number of hydrogen-bond acceptors (Lipinski definition) is 4. The monoisotopic (exact) mass is 388 g/mol. The molecule has 1 heterocycles. The molecule has 3 nitrogen and oxygen atoms in total. The Morgan fingerprint density at radius 1 is 0.846 bits per heavy atom. The van der Waals surface area contributed by atoms with Gasteiger partial charge in [0.25, 0.3) is 0 Å². The lowest BCUT2D eigenvalue weighted by atomic mass is 10.1. The van der Waals surface area contributed by atoms with Crippen molar-refractivity contribution in [3.8, 4) is 0 Å². The molecule has 1 fully saturated rings. The van der Waals surface area contributed by atoms with Crippen LogP contribution in [0, 0.1) is 0 Å². The Kier molecular flexibility index (Phi) is 15.1. The summed E-state index contributed by atoms with van der Waals surface area (Å²) in [4.78, 5) is 0. The van der Waals surface area contributed by atoms with Crippen molar-refractivity contribution in [2.45, 2.75) is 110 Å². The molecule has 0 aliphatic carbocycles. The molecule has 0 radical (unpaired) electrons. The topological polar surface area (TPSA) is 27.7 Å². The summed E-state index contributed by atoms with van der Waals surface area (Å²) in [6.07, 6.45) is 16.6. The van der Waals surface area contributed by atoms with Gasteiger partial charge in [-0.3, -0.25) is 0 Å². The normalized spacial score (nSPS) is 19.3. The summed E-state index contributed by atoms with van der Waals surface area (Å²) in [5, 5.41) is 0. The molecule has 1 atom stereocenters. The summed E-state index contributed by atoms with van der Waals surface area (Å²) >= 11 is 2.16. The molecule has 0 aromatic carbocycles. The van der Waals surface area contributed by atoms with E-state index >= 15 is 0 Å². The highest BCUT2D eigenvalue weighted by molar-refractivity contribution is 7.99. The molecule has 1 rings (SSSR count). The Labute approximate surface area is 167 Å². The molecule has 0 N–H and O–H groups in total. The first kappa shape index (κ1) is 24.3. The Morgan fingerprint density at radius 2 is 1.42 bits per heavy atom. The summed E-state index contributed by atoms with van der Waals surface area (Å²) in [6, 6.07) is 0. The minimum Gasteiger partial charge on any atom is -0.379 e.